The molecule has 0 fully saturated rings. The first-order chi connectivity index (χ1) is 9.81. The predicted molar refractivity (Wildman–Crippen MR) is 92.1 cm³/mol. The van der Waals surface area contributed by atoms with Gasteiger partial charge >= 0.3 is 0 Å². The first-order valence-electron chi connectivity index (χ1n) is 9.22. The van der Waals surface area contributed by atoms with Crippen molar-refractivity contribution in [3.8, 4) is 0 Å². The Bertz CT molecular complexity index is 295. The van der Waals surface area contributed by atoms with Gasteiger partial charge < -0.3 is 0 Å². The molecule has 0 aliphatic heterocycles. The summed E-state index contributed by atoms with van der Waals surface area (Å²) >= 11 is 0. The molecule has 0 amide bonds. The summed E-state index contributed by atoms with van der Waals surface area (Å²) in [4.78, 5) is 0. The Kier molecular flexibility index (Phi) is 9.79. The van der Waals surface area contributed by atoms with E-state index in [0.717, 1.165) is 5.92 Å². The van der Waals surface area contributed by atoms with Gasteiger partial charge in [0.25, 0.3) is 0 Å². The number of hydrogen-bond donors (Lipinski definition) is 0. The number of unbranched alkanes of at least 4 members (excludes halogenated alkanes) is 6. The van der Waals surface area contributed by atoms with Gasteiger partial charge in [-0.05, 0) is 38.0 Å². The van der Waals surface area contributed by atoms with E-state index in [2.05, 4.69) is 32.9 Å². The van der Waals surface area contributed by atoms with Gasteiger partial charge in [0.1, 0.15) is 0 Å². The minimum atomic E-state index is 0.787. The molecule has 0 bridgehead atoms. The molecule has 0 heteroatoms. The monoisotopic (exact) mass is 276 g/mol. The van der Waals surface area contributed by atoms with E-state index in [1.807, 2.05) is 0 Å². The van der Waals surface area contributed by atoms with Crippen molar-refractivity contribution in [2.75, 3.05) is 0 Å². The lowest BCUT2D eigenvalue weighted by Crippen LogP contribution is -1.98. The first-order valence-corrected chi connectivity index (χ1v) is 9.22. The third-order valence-electron chi connectivity index (χ3n) is 4.52. The van der Waals surface area contributed by atoms with Crippen molar-refractivity contribution in [1.82, 2.24) is 0 Å². The maximum absolute atomic E-state index is 2.60. The zero-order chi connectivity index (χ0) is 14.6. The van der Waals surface area contributed by atoms with Crippen LogP contribution in [0.3, 0.4) is 0 Å². The smallest absolute Gasteiger partial charge is 0.00142 e. The molecule has 1 aliphatic rings. The van der Waals surface area contributed by atoms with Crippen molar-refractivity contribution in [1.29, 1.82) is 0 Å². The molecule has 0 heterocycles. The van der Waals surface area contributed by atoms with E-state index in [1.165, 1.54) is 77.0 Å². The average molecular weight is 277 g/mol. The summed E-state index contributed by atoms with van der Waals surface area (Å²) in [7, 11) is 0. The highest BCUT2D eigenvalue weighted by atomic mass is 14.2. The van der Waals surface area contributed by atoms with E-state index in [0.29, 0.717) is 0 Å². The van der Waals surface area contributed by atoms with Crippen LogP contribution in [0.4, 0.5) is 0 Å². The summed E-state index contributed by atoms with van der Waals surface area (Å²) in [5.41, 5.74) is 3.40. The van der Waals surface area contributed by atoms with Crippen LogP contribution in [-0.2, 0) is 0 Å². The number of allylic oxidation sites excluding steroid dienone is 4. The van der Waals surface area contributed by atoms with Crippen molar-refractivity contribution < 1.29 is 0 Å². The van der Waals surface area contributed by atoms with Crippen LogP contribution in [0.1, 0.15) is 97.8 Å². The standard InChI is InChI=1S/C20H36/c1-4-7-10-13-18-16-19(14-11-8-5-2)20(17-18)15-12-9-6-3/h16-17,19H,4-15H2,1-3H3. The van der Waals surface area contributed by atoms with Crippen LogP contribution in [-0.4, -0.2) is 0 Å². The van der Waals surface area contributed by atoms with E-state index in [4.69, 9.17) is 0 Å². The summed E-state index contributed by atoms with van der Waals surface area (Å²) in [6.45, 7) is 6.90. The van der Waals surface area contributed by atoms with Crippen molar-refractivity contribution in [2.24, 2.45) is 5.92 Å². The van der Waals surface area contributed by atoms with Crippen molar-refractivity contribution in [3.05, 3.63) is 23.3 Å². The largest absolute Gasteiger partial charge is 0.0741 e. The molecule has 20 heavy (non-hydrogen) atoms. The summed E-state index contributed by atoms with van der Waals surface area (Å²) in [6.07, 6.45) is 21.6. The molecule has 1 aliphatic carbocycles. The van der Waals surface area contributed by atoms with Crippen LogP contribution in [0, 0.1) is 5.92 Å². The van der Waals surface area contributed by atoms with E-state index >= 15 is 0 Å². The average Bonchev–Trinajstić information content (AvgIpc) is 2.82. The Labute approximate surface area is 127 Å². The highest BCUT2D eigenvalue weighted by Gasteiger charge is 2.17. The lowest BCUT2D eigenvalue weighted by atomic mass is 9.92. The summed E-state index contributed by atoms with van der Waals surface area (Å²) < 4.78 is 0. The zero-order valence-corrected chi connectivity index (χ0v) is 14.2. The van der Waals surface area contributed by atoms with Crippen molar-refractivity contribution in [2.45, 2.75) is 97.8 Å². The summed E-state index contributed by atoms with van der Waals surface area (Å²) in [5, 5.41) is 0. The Hall–Kier alpha value is -0.520. The molecule has 0 aromatic heterocycles. The fourth-order valence-corrected chi connectivity index (χ4v) is 3.21. The van der Waals surface area contributed by atoms with Gasteiger partial charge in [-0.3, -0.25) is 0 Å². The minimum Gasteiger partial charge on any atom is -0.0741 e. The molecule has 0 nitrogen and oxygen atoms in total. The second-order valence-electron chi connectivity index (χ2n) is 6.48. The SMILES string of the molecule is CCCCCC1=CC(CCCCC)C(CCCCC)=C1. The van der Waals surface area contributed by atoms with Crippen LogP contribution >= 0.6 is 0 Å². The molecule has 0 N–H and O–H groups in total. The molecule has 0 aromatic carbocycles. The minimum absolute atomic E-state index is 0.787. The maximum Gasteiger partial charge on any atom is -0.00142 e. The van der Waals surface area contributed by atoms with Gasteiger partial charge in [-0.15, -0.1) is 0 Å². The Morgan fingerprint density at radius 3 is 2.00 bits per heavy atom. The second-order valence-corrected chi connectivity index (χ2v) is 6.48. The second kappa shape index (κ2) is 11.2. The van der Waals surface area contributed by atoms with E-state index in [-0.39, 0.29) is 0 Å². The van der Waals surface area contributed by atoms with Gasteiger partial charge in [-0.25, -0.2) is 0 Å². The van der Waals surface area contributed by atoms with Crippen molar-refractivity contribution in [3.63, 3.8) is 0 Å². The Balaban J connectivity index is 2.45. The van der Waals surface area contributed by atoms with E-state index < -0.39 is 0 Å². The van der Waals surface area contributed by atoms with Gasteiger partial charge in [0, 0.05) is 0 Å². The van der Waals surface area contributed by atoms with Crippen LogP contribution in [0.2, 0.25) is 0 Å². The molecule has 0 saturated carbocycles. The Morgan fingerprint density at radius 1 is 0.750 bits per heavy atom. The molecule has 0 spiro atoms. The fraction of sp³-hybridized carbons (Fsp3) is 0.800. The van der Waals surface area contributed by atoms with Gasteiger partial charge in [-0.1, -0.05) is 89.0 Å². The molecule has 0 radical (unpaired) electrons. The van der Waals surface area contributed by atoms with Crippen molar-refractivity contribution >= 4 is 0 Å². The fourth-order valence-electron chi connectivity index (χ4n) is 3.21. The molecule has 0 saturated heterocycles. The topological polar surface area (TPSA) is 0 Å². The van der Waals surface area contributed by atoms with Gasteiger partial charge in [0.05, 0.1) is 0 Å². The highest BCUT2D eigenvalue weighted by Crippen LogP contribution is 2.34. The van der Waals surface area contributed by atoms with Crippen LogP contribution in [0.15, 0.2) is 23.3 Å². The number of rotatable bonds is 12. The molecule has 1 atom stereocenters. The van der Waals surface area contributed by atoms with Gasteiger partial charge in [-0.2, -0.15) is 0 Å². The molecular formula is C20H36. The molecule has 0 aromatic rings. The summed E-state index contributed by atoms with van der Waals surface area (Å²) in [5.74, 6) is 0.787. The highest BCUT2D eigenvalue weighted by molar-refractivity contribution is 5.35. The lowest BCUT2D eigenvalue weighted by Gasteiger charge is -2.13. The normalized spacial score (nSPS) is 18.2. The number of hydrogen-bond acceptors (Lipinski definition) is 0. The van der Waals surface area contributed by atoms with E-state index in [1.54, 1.807) is 11.1 Å². The predicted octanol–water partition coefficient (Wildman–Crippen LogP) is 7.21. The maximum atomic E-state index is 2.60. The first kappa shape index (κ1) is 17.5. The van der Waals surface area contributed by atoms with E-state index in [9.17, 15) is 0 Å². The zero-order valence-electron chi connectivity index (χ0n) is 14.2. The van der Waals surface area contributed by atoms with Crippen LogP contribution in [0.25, 0.3) is 0 Å². The Morgan fingerprint density at radius 2 is 1.35 bits per heavy atom. The molecule has 116 valence electrons. The lowest BCUT2D eigenvalue weighted by molar-refractivity contribution is 0.571. The van der Waals surface area contributed by atoms with Crippen LogP contribution in [0.5, 0.6) is 0 Å². The summed E-state index contributed by atoms with van der Waals surface area (Å²) in [6, 6.07) is 0. The molecule has 1 unspecified atom stereocenters. The van der Waals surface area contributed by atoms with Gasteiger partial charge in [0.15, 0.2) is 0 Å². The quantitative estimate of drug-likeness (QED) is 0.330. The molecule has 1 rings (SSSR count). The third-order valence-corrected chi connectivity index (χ3v) is 4.52. The van der Waals surface area contributed by atoms with Crippen LogP contribution < -0.4 is 0 Å². The van der Waals surface area contributed by atoms with Gasteiger partial charge in [0.2, 0.25) is 0 Å². The third kappa shape index (κ3) is 6.77. The molecular weight excluding hydrogens is 240 g/mol.